The van der Waals surface area contributed by atoms with E-state index in [1.54, 1.807) is 4.57 Å². The van der Waals surface area contributed by atoms with Gasteiger partial charge in [0.1, 0.15) is 17.9 Å². The molecule has 2 aromatic carbocycles. The highest BCUT2D eigenvalue weighted by Gasteiger charge is 2.46. The van der Waals surface area contributed by atoms with Crippen molar-refractivity contribution < 1.29 is 38.7 Å². The van der Waals surface area contributed by atoms with Gasteiger partial charge in [0.25, 0.3) is 0 Å². The summed E-state index contributed by atoms with van der Waals surface area (Å²) in [5.74, 6) is 0.00545. The molecule has 5 aromatic rings. The van der Waals surface area contributed by atoms with Crippen molar-refractivity contribution in [1.29, 1.82) is 0 Å². The van der Waals surface area contributed by atoms with Crippen LogP contribution >= 0.6 is 0 Å². The van der Waals surface area contributed by atoms with Gasteiger partial charge in [0.15, 0.2) is 17.0 Å². The number of nitrogens with one attached hydrogen (secondary N) is 4. The number of aromatic hydroxyl groups is 1. The summed E-state index contributed by atoms with van der Waals surface area (Å²) >= 11 is 0. The molecular formula is C34H41N11O9S. The molecule has 4 heterocycles. The molecule has 1 saturated heterocycles. The van der Waals surface area contributed by atoms with E-state index < -0.39 is 64.6 Å². The zero-order valence-electron chi connectivity index (χ0n) is 29.2. The molecule has 1 aliphatic carbocycles. The number of H-pyrrole nitrogens is 1. The minimum Gasteiger partial charge on any atom is -0.493 e. The van der Waals surface area contributed by atoms with Gasteiger partial charge in [-0.2, -0.15) is 9.97 Å². The normalized spacial score (nSPS) is 21.9. The fourth-order valence-electron chi connectivity index (χ4n) is 7.21. The van der Waals surface area contributed by atoms with Crippen LogP contribution in [-0.2, 0) is 23.1 Å². The number of hydrogen-bond acceptors (Lipinski definition) is 14. The van der Waals surface area contributed by atoms with E-state index in [1.807, 2.05) is 35.2 Å². The van der Waals surface area contributed by atoms with Crippen LogP contribution in [-0.4, -0.2) is 113 Å². The molecule has 7 rings (SSSR count). The largest absolute Gasteiger partial charge is 0.493 e. The van der Waals surface area contributed by atoms with E-state index in [9.17, 15) is 43.5 Å². The second kappa shape index (κ2) is 15.3. The first-order chi connectivity index (χ1) is 26.3. The highest BCUT2D eigenvalue weighted by Crippen LogP contribution is 2.41. The smallest absolute Gasteiger partial charge is 0.329 e. The van der Waals surface area contributed by atoms with E-state index in [2.05, 4.69) is 25.9 Å². The van der Waals surface area contributed by atoms with Gasteiger partial charge in [-0.25, -0.2) is 28.1 Å². The third-order valence-electron chi connectivity index (χ3n) is 9.99. The minimum atomic E-state index is -3.89. The molecule has 20 nitrogen and oxygen atoms in total. The number of carbonyl (C=O) groups excluding carboxylic acids is 1. The van der Waals surface area contributed by atoms with E-state index >= 15 is 0 Å². The first kappa shape index (κ1) is 37.7. The van der Waals surface area contributed by atoms with Crippen molar-refractivity contribution in [3.8, 4) is 5.88 Å². The Kier molecular flexibility index (Phi) is 10.5. The third kappa shape index (κ3) is 7.70. The molecule has 292 valence electrons. The maximum atomic E-state index is 12.9. The van der Waals surface area contributed by atoms with Crippen LogP contribution in [0.2, 0.25) is 0 Å². The number of carbonyl (C=O) groups is 1. The predicted molar refractivity (Wildman–Crippen MR) is 198 cm³/mol. The van der Waals surface area contributed by atoms with Gasteiger partial charge in [0.2, 0.25) is 21.9 Å². The van der Waals surface area contributed by atoms with Crippen LogP contribution in [0.1, 0.15) is 36.2 Å². The van der Waals surface area contributed by atoms with Gasteiger partial charge in [0.05, 0.1) is 42.6 Å². The lowest BCUT2D eigenvalue weighted by Crippen LogP contribution is -2.40. The minimum absolute atomic E-state index is 0.0189. The number of fused-ring (bicyclic) bond motifs is 1. The van der Waals surface area contributed by atoms with Gasteiger partial charge in [-0.3, -0.25) is 4.57 Å². The number of nitrogens with two attached hydrogens (primary N) is 1. The first-order valence-corrected chi connectivity index (χ1v) is 19.0. The van der Waals surface area contributed by atoms with E-state index in [1.165, 1.54) is 30.6 Å². The third-order valence-corrected chi connectivity index (χ3v) is 10.9. The number of urea groups is 1. The summed E-state index contributed by atoms with van der Waals surface area (Å²) < 4.78 is 25.6. The molecule has 55 heavy (non-hydrogen) atoms. The highest BCUT2D eigenvalue weighted by molar-refractivity contribution is 7.89. The van der Waals surface area contributed by atoms with Gasteiger partial charge < -0.3 is 55.9 Å². The molecule has 2 aliphatic rings. The number of aromatic amines is 1. The lowest BCUT2D eigenvalue weighted by molar-refractivity contribution is 0.00758. The Balaban J connectivity index is 1.16. The topological polar surface area (TPSA) is 299 Å². The van der Waals surface area contributed by atoms with E-state index in [4.69, 9.17) is 15.1 Å². The average Bonchev–Trinajstić information content (AvgIpc) is 3.93. The summed E-state index contributed by atoms with van der Waals surface area (Å²) in [6.07, 6.45) is -0.512. The SMILES string of the molecule is NS(=O)(=O)c1ccc(NC(=O)NC2CCN(c3nc(N[C@H](CO)Cc4ccccc4)c4ncn([C@@H]5C[C@H](n6c(O)c(CO)[nH]c6=O)[C@@H](O)[C@H]5O)c4n3)C2)cc1. The first-order valence-electron chi connectivity index (χ1n) is 17.4. The summed E-state index contributed by atoms with van der Waals surface area (Å²) in [7, 11) is -3.89. The molecule has 1 aliphatic heterocycles. The maximum absolute atomic E-state index is 12.9. The Morgan fingerprint density at radius 1 is 1.04 bits per heavy atom. The maximum Gasteiger partial charge on any atom is 0.329 e. The Morgan fingerprint density at radius 2 is 1.76 bits per heavy atom. The van der Waals surface area contributed by atoms with Crippen LogP contribution in [0.25, 0.3) is 11.2 Å². The zero-order chi connectivity index (χ0) is 39.0. The Morgan fingerprint density at radius 3 is 2.44 bits per heavy atom. The fourth-order valence-corrected chi connectivity index (χ4v) is 7.72. The van der Waals surface area contributed by atoms with Crippen LogP contribution in [0.15, 0.2) is 70.6 Å². The number of sulfonamides is 1. The van der Waals surface area contributed by atoms with Gasteiger partial charge in [-0.1, -0.05) is 30.3 Å². The van der Waals surface area contributed by atoms with E-state index in [-0.39, 0.29) is 41.3 Å². The number of aliphatic hydroxyl groups excluding tert-OH is 4. The van der Waals surface area contributed by atoms with Gasteiger partial charge in [-0.15, -0.1) is 0 Å². The molecule has 2 amide bonds. The molecule has 2 fully saturated rings. The highest BCUT2D eigenvalue weighted by atomic mass is 32.2. The van der Waals surface area contributed by atoms with Gasteiger partial charge in [-0.05, 0) is 49.1 Å². The quantitative estimate of drug-likeness (QED) is 0.0763. The van der Waals surface area contributed by atoms with Crippen molar-refractivity contribution in [1.82, 2.24) is 34.4 Å². The molecule has 0 spiro atoms. The number of anilines is 3. The second-order valence-corrected chi connectivity index (χ2v) is 15.2. The fraction of sp³-hybridized carbons (Fsp3) is 0.382. The zero-order valence-corrected chi connectivity index (χ0v) is 30.0. The molecule has 11 N–H and O–H groups in total. The Bertz CT molecular complexity index is 2330. The molecule has 6 atom stereocenters. The molecule has 0 bridgehead atoms. The average molecular weight is 780 g/mol. The number of imidazole rings is 2. The van der Waals surface area contributed by atoms with Crippen molar-refractivity contribution >= 4 is 44.7 Å². The van der Waals surface area contributed by atoms with E-state index in [0.717, 1.165) is 10.1 Å². The number of nitrogens with zero attached hydrogens (tertiary/aromatic N) is 6. The molecular weight excluding hydrogens is 739 g/mol. The number of rotatable bonds is 12. The Labute approximate surface area is 313 Å². The molecule has 21 heteroatoms. The van der Waals surface area contributed by atoms with Gasteiger partial charge in [0, 0.05) is 24.8 Å². The summed E-state index contributed by atoms with van der Waals surface area (Å²) in [5, 5.41) is 67.0. The second-order valence-electron chi connectivity index (χ2n) is 13.6. The van der Waals surface area contributed by atoms with Gasteiger partial charge >= 0.3 is 11.7 Å². The molecule has 0 radical (unpaired) electrons. The summed E-state index contributed by atoms with van der Waals surface area (Å²) in [4.78, 5) is 43.9. The van der Waals surface area contributed by atoms with Crippen molar-refractivity contribution in [2.24, 2.45) is 5.14 Å². The van der Waals surface area contributed by atoms with Crippen molar-refractivity contribution in [2.45, 2.75) is 67.1 Å². The number of primary sulfonamides is 1. The van der Waals surface area contributed by atoms with Crippen LogP contribution in [0.5, 0.6) is 5.88 Å². The monoisotopic (exact) mass is 779 g/mol. The standard InChI is InChI=1S/C34H41N11O9S/c35-55(53,54)22-8-6-19(7-9-22)38-33(51)39-20-10-11-43(14-20)32-41-29(37-21(15-46)12-18-4-2-1-3-5-18)26-30(42-32)44(17-36-26)24-13-25(28(49)27(24)48)45-31(50)23(16-47)40-34(45)52/h1-9,17,20-21,24-25,27-28,46-50H,10-16H2,(H,40,52)(H2,35,53,54)(H,37,41,42)(H2,38,39,51)/t20?,21-,24+,25-,27-,28+/m0/s1. The van der Waals surface area contributed by atoms with Crippen molar-refractivity contribution in [2.75, 3.05) is 35.2 Å². The molecule has 1 unspecified atom stereocenters. The number of amides is 2. The van der Waals surface area contributed by atoms with Crippen molar-refractivity contribution in [3.05, 3.63) is 82.7 Å². The number of aromatic nitrogens is 6. The van der Waals surface area contributed by atoms with E-state index in [0.29, 0.717) is 43.0 Å². The number of aliphatic hydroxyl groups is 4. The Hall–Kier alpha value is -5.58. The summed E-state index contributed by atoms with van der Waals surface area (Å²) in [6.45, 7) is -0.138. The van der Waals surface area contributed by atoms with Crippen molar-refractivity contribution in [3.63, 3.8) is 0 Å². The van der Waals surface area contributed by atoms with Crippen LogP contribution in [0.4, 0.5) is 22.2 Å². The van der Waals surface area contributed by atoms with Crippen LogP contribution < -0.4 is 31.7 Å². The molecule has 1 saturated carbocycles. The lowest BCUT2D eigenvalue weighted by atomic mass is 10.1. The summed E-state index contributed by atoms with van der Waals surface area (Å²) in [5.41, 5.74) is 1.03. The number of benzene rings is 2. The summed E-state index contributed by atoms with van der Waals surface area (Å²) in [6, 6.07) is 11.7. The lowest BCUT2D eigenvalue weighted by Gasteiger charge is -2.22. The van der Waals surface area contributed by atoms with Crippen LogP contribution in [0, 0.1) is 0 Å². The number of hydrogen-bond donors (Lipinski definition) is 10. The van der Waals surface area contributed by atoms with Crippen LogP contribution in [0.3, 0.4) is 0 Å². The predicted octanol–water partition coefficient (Wildman–Crippen LogP) is -0.515. The molecule has 3 aromatic heterocycles.